The van der Waals surface area contributed by atoms with E-state index in [1.165, 1.54) is 23.5 Å². The van der Waals surface area contributed by atoms with Crippen LogP contribution in [0.25, 0.3) is 21.5 Å². The van der Waals surface area contributed by atoms with Gasteiger partial charge in [-0.1, -0.05) is 30.3 Å². The van der Waals surface area contributed by atoms with E-state index in [0.717, 1.165) is 33.5 Å². The van der Waals surface area contributed by atoms with E-state index in [4.69, 9.17) is 5.11 Å². The zero-order valence-electron chi connectivity index (χ0n) is 15.7. The number of alkyl halides is 3. The average molecular weight is 430 g/mol. The number of fused-ring (bicyclic) bond motifs is 1. The molecular formula is C22H17F3N2O2S. The number of rotatable bonds is 6. The number of aromatic nitrogens is 2. The highest BCUT2D eigenvalue weighted by Gasteiger charge is 2.30. The monoisotopic (exact) mass is 430 g/mol. The molecule has 2 aromatic carbocycles. The Hall–Kier alpha value is -3.13. The number of aliphatic carboxylic acids is 1. The number of hydrogen-bond donors (Lipinski definition) is 1. The first-order valence-electron chi connectivity index (χ1n) is 9.22. The highest BCUT2D eigenvalue weighted by molar-refractivity contribution is 7.15. The number of carboxylic acids is 1. The summed E-state index contributed by atoms with van der Waals surface area (Å²) < 4.78 is 40.3. The molecule has 0 aliphatic heterocycles. The van der Waals surface area contributed by atoms with Crippen molar-refractivity contribution in [3.05, 3.63) is 76.9 Å². The lowest BCUT2D eigenvalue weighted by molar-refractivity contribution is -0.138. The van der Waals surface area contributed by atoms with Gasteiger partial charge in [0.25, 0.3) is 0 Å². The molecule has 4 aromatic rings. The van der Waals surface area contributed by atoms with Gasteiger partial charge in [-0.25, -0.2) is 4.98 Å². The molecule has 0 bridgehead atoms. The molecule has 2 heterocycles. The van der Waals surface area contributed by atoms with Crippen molar-refractivity contribution in [2.24, 2.45) is 0 Å². The summed E-state index contributed by atoms with van der Waals surface area (Å²) >= 11 is 1.42. The fourth-order valence-corrected chi connectivity index (χ4v) is 4.29. The Morgan fingerprint density at radius 2 is 1.83 bits per heavy atom. The van der Waals surface area contributed by atoms with Gasteiger partial charge in [0.1, 0.15) is 5.01 Å². The molecular weight excluding hydrogens is 413 g/mol. The highest BCUT2D eigenvalue weighted by atomic mass is 32.1. The molecule has 0 atom stereocenters. The molecule has 1 N–H and O–H groups in total. The summed E-state index contributed by atoms with van der Waals surface area (Å²) in [6, 6.07) is 12.8. The summed E-state index contributed by atoms with van der Waals surface area (Å²) in [4.78, 5) is 16.3. The number of para-hydroxylation sites is 1. The van der Waals surface area contributed by atoms with Crippen molar-refractivity contribution in [2.75, 3.05) is 0 Å². The molecule has 4 rings (SSSR count). The second kappa shape index (κ2) is 7.95. The zero-order valence-corrected chi connectivity index (χ0v) is 16.5. The van der Waals surface area contributed by atoms with E-state index in [9.17, 15) is 18.0 Å². The molecule has 30 heavy (non-hydrogen) atoms. The van der Waals surface area contributed by atoms with E-state index in [1.54, 1.807) is 6.20 Å². The third kappa shape index (κ3) is 4.23. The minimum absolute atomic E-state index is 0.0621. The Bertz CT molecular complexity index is 1190. The van der Waals surface area contributed by atoms with Gasteiger partial charge in [0.05, 0.1) is 12.1 Å². The molecule has 8 heteroatoms. The second-order valence-corrected chi connectivity index (χ2v) is 8.02. The molecule has 0 aliphatic rings. The number of aryl methyl sites for hydroxylation is 1. The van der Waals surface area contributed by atoms with E-state index < -0.39 is 17.7 Å². The Kier molecular flexibility index (Phi) is 5.34. The summed E-state index contributed by atoms with van der Waals surface area (Å²) in [6.07, 6.45) is -0.163. The Labute approximate surface area is 174 Å². The third-order valence-electron chi connectivity index (χ3n) is 4.82. The predicted molar refractivity (Wildman–Crippen MR) is 110 cm³/mol. The van der Waals surface area contributed by atoms with Crippen LogP contribution in [0.4, 0.5) is 13.2 Å². The lowest BCUT2D eigenvalue weighted by Gasteiger charge is -2.06. The maximum atomic E-state index is 12.7. The van der Waals surface area contributed by atoms with E-state index in [-0.39, 0.29) is 6.42 Å². The normalized spacial score (nSPS) is 11.8. The first-order valence-corrected chi connectivity index (χ1v) is 10.0. The van der Waals surface area contributed by atoms with Crippen molar-refractivity contribution in [1.82, 2.24) is 9.55 Å². The van der Waals surface area contributed by atoms with Gasteiger partial charge < -0.3 is 9.67 Å². The van der Waals surface area contributed by atoms with Crippen LogP contribution in [0, 0.1) is 0 Å². The number of halogens is 3. The fraction of sp³-hybridized carbons (Fsp3) is 0.182. The Morgan fingerprint density at radius 1 is 1.10 bits per heavy atom. The van der Waals surface area contributed by atoms with Crippen LogP contribution in [0.1, 0.15) is 22.4 Å². The van der Waals surface area contributed by atoms with Crippen LogP contribution in [0.2, 0.25) is 0 Å². The quantitative estimate of drug-likeness (QED) is 0.418. The van der Waals surface area contributed by atoms with E-state index in [1.807, 2.05) is 30.5 Å². The molecule has 0 radical (unpaired) electrons. The van der Waals surface area contributed by atoms with Crippen molar-refractivity contribution in [3.8, 4) is 10.6 Å². The summed E-state index contributed by atoms with van der Waals surface area (Å²) in [5.74, 6) is -0.838. The van der Waals surface area contributed by atoms with Gasteiger partial charge in [-0.3, -0.25) is 4.79 Å². The van der Waals surface area contributed by atoms with Crippen molar-refractivity contribution >= 4 is 28.2 Å². The highest BCUT2D eigenvalue weighted by Crippen LogP contribution is 2.32. The first-order chi connectivity index (χ1) is 14.3. The van der Waals surface area contributed by atoms with Crippen LogP contribution < -0.4 is 0 Å². The maximum absolute atomic E-state index is 12.7. The van der Waals surface area contributed by atoms with Crippen LogP contribution in [0.3, 0.4) is 0 Å². The number of carbonyl (C=O) groups is 1. The minimum atomic E-state index is -4.36. The second-order valence-electron chi connectivity index (χ2n) is 6.90. The standard InChI is InChI=1S/C22H17F3N2O2S/c23-22(24,25)16-8-5-14(6-9-16)21-26-11-17(30-21)13-27-12-15(7-10-20(28)29)18-3-1-2-4-19(18)27/h1-6,8-9,11-12H,7,10,13H2,(H,28,29). The van der Waals surface area contributed by atoms with Crippen molar-refractivity contribution in [3.63, 3.8) is 0 Å². The fourth-order valence-electron chi connectivity index (χ4n) is 3.38. The van der Waals surface area contributed by atoms with Gasteiger partial charge in [-0.15, -0.1) is 11.3 Å². The maximum Gasteiger partial charge on any atom is 0.416 e. The first kappa shape index (κ1) is 20.2. The molecule has 0 spiro atoms. The number of hydrogen-bond acceptors (Lipinski definition) is 3. The molecule has 2 aromatic heterocycles. The molecule has 0 unspecified atom stereocenters. The van der Waals surface area contributed by atoms with Crippen LogP contribution in [-0.4, -0.2) is 20.6 Å². The topological polar surface area (TPSA) is 55.1 Å². The lowest BCUT2D eigenvalue weighted by atomic mass is 10.1. The molecule has 0 saturated carbocycles. The van der Waals surface area contributed by atoms with Crippen molar-refractivity contribution in [2.45, 2.75) is 25.6 Å². The molecule has 4 nitrogen and oxygen atoms in total. The Balaban J connectivity index is 1.58. The van der Waals surface area contributed by atoms with Gasteiger partial charge in [-0.2, -0.15) is 13.2 Å². The molecule has 0 amide bonds. The van der Waals surface area contributed by atoms with E-state index >= 15 is 0 Å². The number of benzene rings is 2. The summed E-state index contributed by atoms with van der Waals surface area (Å²) in [6.45, 7) is 0.548. The van der Waals surface area contributed by atoms with Gasteiger partial charge in [0.2, 0.25) is 0 Å². The molecule has 154 valence electrons. The van der Waals surface area contributed by atoms with E-state index in [2.05, 4.69) is 9.55 Å². The van der Waals surface area contributed by atoms with Crippen LogP contribution >= 0.6 is 11.3 Å². The summed E-state index contributed by atoms with van der Waals surface area (Å²) in [5.41, 5.74) is 1.93. The molecule has 0 saturated heterocycles. The van der Waals surface area contributed by atoms with E-state index in [0.29, 0.717) is 23.5 Å². The largest absolute Gasteiger partial charge is 0.481 e. The van der Waals surface area contributed by atoms with Gasteiger partial charge in [0.15, 0.2) is 0 Å². The number of thiazole rings is 1. The third-order valence-corrected chi connectivity index (χ3v) is 5.85. The lowest BCUT2D eigenvalue weighted by Crippen LogP contribution is -2.03. The van der Waals surface area contributed by atoms with Crippen LogP contribution in [0.5, 0.6) is 0 Å². The number of nitrogens with zero attached hydrogens (tertiary/aromatic N) is 2. The molecule has 0 aliphatic carbocycles. The SMILES string of the molecule is O=C(O)CCc1cn(Cc2cnc(-c3ccc(C(F)(F)F)cc3)s2)c2ccccc12. The Morgan fingerprint density at radius 3 is 2.53 bits per heavy atom. The minimum Gasteiger partial charge on any atom is -0.481 e. The van der Waals surface area contributed by atoms with Gasteiger partial charge in [-0.05, 0) is 30.2 Å². The zero-order chi connectivity index (χ0) is 21.3. The van der Waals surface area contributed by atoms with Crippen LogP contribution in [0.15, 0.2) is 60.9 Å². The van der Waals surface area contributed by atoms with Crippen LogP contribution in [-0.2, 0) is 23.9 Å². The summed E-state index contributed by atoms with van der Waals surface area (Å²) in [7, 11) is 0. The smallest absolute Gasteiger partial charge is 0.416 e. The van der Waals surface area contributed by atoms with Crippen molar-refractivity contribution in [1.29, 1.82) is 0 Å². The summed E-state index contributed by atoms with van der Waals surface area (Å²) in [5, 5.41) is 10.7. The van der Waals surface area contributed by atoms with Gasteiger partial charge >= 0.3 is 12.1 Å². The predicted octanol–water partition coefficient (Wildman–Crippen LogP) is 5.85. The average Bonchev–Trinajstić information content (AvgIpc) is 3.31. The number of carboxylic acid groups (broad SMARTS) is 1. The molecule has 0 fully saturated rings. The van der Waals surface area contributed by atoms with Crippen molar-refractivity contribution < 1.29 is 23.1 Å². The van der Waals surface area contributed by atoms with Gasteiger partial charge in [0, 0.05) is 40.2 Å².